The molecule has 1 unspecified atom stereocenters. The lowest BCUT2D eigenvalue weighted by Crippen LogP contribution is -2.31. The van der Waals surface area contributed by atoms with Crippen molar-refractivity contribution in [1.29, 1.82) is 0 Å². The summed E-state index contributed by atoms with van der Waals surface area (Å²) < 4.78 is 1.75. The van der Waals surface area contributed by atoms with Crippen molar-refractivity contribution in [2.45, 2.75) is 19.6 Å². The second kappa shape index (κ2) is 8.83. The fraction of sp³-hybridized carbons (Fsp3) is 0.107. The molecule has 5 aromatic rings. The molecule has 0 fully saturated rings. The van der Waals surface area contributed by atoms with Crippen LogP contribution in [0.15, 0.2) is 96.5 Å². The van der Waals surface area contributed by atoms with Crippen LogP contribution >= 0.6 is 0 Å². The fourth-order valence-electron chi connectivity index (χ4n) is 4.70. The van der Waals surface area contributed by atoms with Crippen LogP contribution in [0.25, 0.3) is 22.0 Å². The summed E-state index contributed by atoms with van der Waals surface area (Å²) in [6.45, 7) is 1.69. The van der Waals surface area contributed by atoms with Gasteiger partial charge in [-0.05, 0) is 48.2 Å². The standard InChI is InChI=1S/C28H24N6O2/c1-17-26(28(36)31-21-8-7-20-15-29-12-11-19(20)13-21)27(34-25(30-17)14-22(16-35)33-34)24-10-9-23(32-24)18-5-3-2-4-6-18/h2-15,27,30,32,35H,16H2,1H3,(H,31,36). The lowest BCUT2D eigenvalue weighted by atomic mass is 9.99. The third-order valence-electron chi connectivity index (χ3n) is 6.42. The van der Waals surface area contributed by atoms with Crippen LogP contribution in [0.1, 0.15) is 24.4 Å². The molecular formula is C28H24N6O2. The average molecular weight is 477 g/mol. The van der Waals surface area contributed by atoms with Gasteiger partial charge >= 0.3 is 0 Å². The molecule has 2 aromatic carbocycles. The quantitative estimate of drug-likeness (QED) is 0.290. The van der Waals surface area contributed by atoms with E-state index in [0.717, 1.165) is 33.4 Å². The number of amides is 1. The van der Waals surface area contributed by atoms with Crippen LogP contribution in [-0.2, 0) is 11.4 Å². The molecule has 8 nitrogen and oxygen atoms in total. The van der Waals surface area contributed by atoms with E-state index in [9.17, 15) is 9.90 Å². The van der Waals surface area contributed by atoms with Crippen LogP contribution in [0, 0.1) is 0 Å². The molecule has 36 heavy (non-hydrogen) atoms. The summed E-state index contributed by atoms with van der Waals surface area (Å²) in [5.41, 5.74) is 5.28. The van der Waals surface area contributed by atoms with E-state index >= 15 is 0 Å². The smallest absolute Gasteiger partial charge is 0.255 e. The molecule has 1 aliphatic heterocycles. The number of carbonyl (C=O) groups excluding carboxylic acids is 1. The number of allylic oxidation sites excluding steroid dienone is 1. The molecule has 1 amide bonds. The first kappa shape index (κ1) is 21.8. The van der Waals surface area contributed by atoms with E-state index in [1.165, 1.54) is 0 Å². The summed E-state index contributed by atoms with van der Waals surface area (Å²) in [5.74, 6) is 0.480. The minimum absolute atomic E-state index is 0.194. The number of aliphatic hydroxyl groups is 1. The first-order valence-corrected chi connectivity index (χ1v) is 11.7. The Bertz CT molecular complexity index is 1620. The van der Waals surface area contributed by atoms with Gasteiger partial charge in [0.1, 0.15) is 11.9 Å². The molecule has 0 saturated heterocycles. The van der Waals surface area contributed by atoms with Crippen LogP contribution in [0.5, 0.6) is 0 Å². The maximum absolute atomic E-state index is 13.7. The highest BCUT2D eigenvalue weighted by molar-refractivity contribution is 6.06. The number of hydrogen-bond acceptors (Lipinski definition) is 5. The van der Waals surface area contributed by atoms with Crippen molar-refractivity contribution < 1.29 is 9.90 Å². The molecule has 0 saturated carbocycles. The number of rotatable bonds is 5. The van der Waals surface area contributed by atoms with E-state index < -0.39 is 6.04 Å². The van der Waals surface area contributed by atoms with Crippen LogP contribution in [0.4, 0.5) is 11.5 Å². The predicted molar refractivity (Wildman–Crippen MR) is 139 cm³/mol. The largest absolute Gasteiger partial charge is 0.390 e. The Morgan fingerprint density at radius 2 is 1.92 bits per heavy atom. The molecule has 1 atom stereocenters. The molecule has 1 aliphatic rings. The van der Waals surface area contributed by atoms with Crippen molar-refractivity contribution in [3.05, 3.63) is 108 Å². The van der Waals surface area contributed by atoms with Gasteiger partial charge in [0, 0.05) is 46.6 Å². The van der Waals surface area contributed by atoms with E-state index in [-0.39, 0.29) is 12.5 Å². The van der Waals surface area contributed by atoms with Crippen molar-refractivity contribution in [2.75, 3.05) is 10.6 Å². The molecule has 0 aliphatic carbocycles. The lowest BCUT2D eigenvalue weighted by molar-refractivity contribution is -0.113. The number of H-pyrrole nitrogens is 1. The number of aromatic amines is 1. The Morgan fingerprint density at radius 3 is 2.75 bits per heavy atom. The van der Waals surface area contributed by atoms with E-state index in [1.807, 2.05) is 73.7 Å². The number of aliphatic hydroxyl groups excluding tert-OH is 1. The van der Waals surface area contributed by atoms with Crippen molar-refractivity contribution in [2.24, 2.45) is 0 Å². The summed E-state index contributed by atoms with van der Waals surface area (Å²) in [6, 6.07) is 22.9. The second-order valence-corrected chi connectivity index (χ2v) is 8.77. The van der Waals surface area contributed by atoms with Gasteiger partial charge in [-0.25, -0.2) is 4.68 Å². The lowest BCUT2D eigenvalue weighted by Gasteiger charge is -2.29. The van der Waals surface area contributed by atoms with Gasteiger partial charge in [0.25, 0.3) is 5.91 Å². The third-order valence-corrected chi connectivity index (χ3v) is 6.42. The molecule has 4 heterocycles. The molecule has 6 rings (SSSR count). The zero-order chi connectivity index (χ0) is 24.6. The maximum atomic E-state index is 13.7. The van der Waals surface area contributed by atoms with Gasteiger partial charge < -0.3 is 20.7 Å². The first-order valence-electron chi connectivity index (χ1n) is 11.7. The number of hydrogen-bond donors (Lipinski definition) is 4. The SMILES string of the molecule is CC1=C(C(=O)Nc2ccc3cnccc3c2)C(c2ccc(-c3ccccc3)[nH]2)n2nc(CO)cc2N1. The van der Waals surface area contributed by atoms with Crippen molar-refractivity contribution in [3.8, 4) is 11.3 Å². The molecule has 8 heteroatoms. The number of anilines is 2. The molecule has 3 aromatic heterocycles. The molecule has 0 radical (unpaired) electrons. The Kier molecular flexibility index (Phi) is 5.35. The number of carbonyl (C=O) groups is 1. The predicted octanol–water partition coefficient (Wildman–Crippen LogP) is 4.85. The summed E-state index contributed by atoms with van der Waals surface area (Å²) in [6.07, 6.45) is 3.53. The van der Waals surface area contributed by atoms with Crippen molar-refractivity contribution >= 4 is 28.2 Å². The number of fused-ring (bicyclic) bond motifs is 2. The van der Waals surface area contributed by atoms with Gasteiger partial charge in [-0.3, -0.25) is 9.78 Å². The highest BCUT2D eigenvalue weighted by Crippen LogP contribution is 2.37. The normalized spacial score (nSPS) is 15.0. The highest BCUT2D eigenvalue weighted by atomic mass is 16.3. The van der Waals surface area contributed by atoms with Crippen LogP contribution in [0.2, 0.25) is 0 Å². The Morgan fingerprint density at radius 1 is 1.06 bits per heavy atom. The molecule has 178 valence electrons. The van der Waals surface area contributed by atoms with Gasteiger partial charge in [0.2, 0.25) is 0 Å². The number of aromatic nitrogens is 4. The van der Waals surface area contributed by atoms with Gasteiger partial charge in [0.15, 0.2) is 0 Å². The Hall–Kier alpha value is -4.69. The molecular weight excluding hydrogens is 452 g/mol. The van der Waals surface area contributed by atoms with Gasteiger partial charge in [-0.1, -0.05) is 36.4 Å². The summed E-state index contributed by atoms with van der Waals surface area (Å²) >= 11 is 0. The number of pyridine rings is 1. The first-order chi connectivity index (χ1) is 17.6. The summed E-state index contributed by atoms with van der Waals surface area (Å²) in [7, 11) is 0. The van der Waals surface area contributed by atoms with Gasteiger partial charge in [0.05, 0.1) is 17.9 Å². The molecule has 4 N–H and O–H groups in total. The fourth-order valence-corrected chi connectivity index (χ4v) is 4.70. The third kappa shape index (κ3) is 3.83. The minimum atomic E-state index is -0.510. The van der Waals surface area contributed by atoms with Crippen molar-refractivity contribution in [1.82, 2.24) is 19.7 Å². The van der Waals surface area contributed by atoms with E-state index in [0.29, 0.717) is 22.8 Å². The van der Waals surface area contributed by atoms with Gasteiger partial charge in [-0.2, -0.15) is 5.10 Å². The molecule has 0 spiro atoms. The monoisotopic (exact) mass is 476 g/mol. The van der Waals surface area contributed by atoms with E-state index in [2.05, 4.69) is 25.7 Å². The highest BCUT2D eigenvalue weighted by Gasteiger charge is 2.34. The van der Waals surface area contributed by atoms with Crippen molar-refractivity contribution in [3.63, 3.8) is 0 Å². The summed E-state index contributed by atoms with van der Waals surface area (Å²) in [5, 5.41) is 22.6. The van der Waals surface area contributed by atoms with Crippen LogP contribution in [0.3, 0.4) is 0 Å². The second-order valence-electron chi connectivity index (χ2n) is 8.77. The average Bonchev–Trinajstić information content (AvgIpc) is 3.55. The maximum Gasteiger partial charge on any atom is 0.255 e. The zero-order valence-electron chi connectivity index (χ0n) is 19.6. The zero-order valence-corrected chi connectivity index (χ0v) is 19.6. The summed E-state index contributed by atoms with van der Waals surface area (Å²) in [4.78, 5) is 21.4. The van der Waals surface area contributed by atoms with Crippen LogP contribution in [-0.4, -0.2) is 30.8 Å². The number of nitrogens with one attached hydrogen (secondary N) is 3. The number of nitrogens with zero attached hydrogens (tertiary/aromatic N) is 3. The van der Waals surface area contributed by atoms with Crippen LogP contribution < -0.4 is 10.6 Å². The minimum Gasteiger partial charge on any atom is -0.390 e. The van der Waals surface area contributed by atoms with E-state index in [1.54, 1.807) is 23.1 Å². The van der Waals surface area contributed by atoms with E-state index in [4.69, 9.17) is 0 Å². The Balaban J connectivity index is 1.40. The number of benzene rings is 2. The molecule has 0 bridgehead atoms. The van der Waals surface area contributed by atoms with Gasteiger partial charge in [-0.15, -0.1) is 0 Å². The Labute approximate surface area is 207 Å². The topological polar surface area (TPSA) is 108 Å².